The number of nitrogens with zero attached hydrogens (tertiary/aromatic N) is 2. The predicted octanol–water partition coefficient (Wildman–Crippen LogP) is 6.85. The van der Waals surface area contributed by atoms with Gasteiger partial charge in [-0.2, -0.15) is 0 Å². The Hall–Kier alpha value is -3.28. The zero-order valence-electron chi connectivity index (χ0n) is 22.3. The molecular weight excluding hydrogens is 539 g/mol. The quantitative estimate of drug-likeness (QED) is 0.249. The number of carbonyl (C=O) groups is 2. The van der Waals surface area contributed by atoms with E-state index in [9.17, 15) is 4.79 Å². The van der Waals surface area contributed by atoms with Crippen molar-refractivity contribution in [3.05, 3.63) is 123 Å². The number of Topliss-reactive ketones (excluding diaryl/α,β-unsaturated/α-hetero) is 2. The SMILES string of the molecule is CN1C/C(=C\c2ccccc2Cl)C(=O)[C@]2(C1)[C@@H](c1ccccc1Cl)CN(C)[C@@]21C(=O)c2cccc3cccc1c23. The van der Waals surface area contributed by atoms with E-state index in [1.165, 1.54) is 0 Å². The van der Waals surface area contributed by atoms with Crippen molar-refractivity contribution in [2.45, 2.75) is 11.5 Å². The van der Waals surface area contributed by atoms with E-state index in [4.69, 9.17) is 23.2 Å². The maximum atomic E-state index is 15.3. The van der Waals surface area contributed by atoms with Gasteiger partial charge in [0.15, 0.2) is 11.6 Å². The van der Waals surface area contributed by atoms with Crippen molar-refractivity contribution in [2.75, 3.05) is 33.7 Å². The average Bonchev–Trinajstić information content (AvgIpc) is 3.35. The minimum atomic E-state index is -1.19. The van der Waals surface area contributed by atoms with Gasteiger partial charge in [0.05, 0.1) is 5.41 Å². The summed E-state index contributed by atoms with van der Waals surface area (Å²) in [7, 11) is 4.01. The van der Waals surface area contributed by atoms with Gasteiger partial charge in [0, 0.05) is 46.7 Å². The van der Waals surface area contributed by atoms with E-state index in [2.05, 4.69) is 9.80 Å². The smallest absolute Gasteiger partial charge is 0.189 e. The van der Waals surface area contributed by atoms with Crippen LogP contribution in [0, 0.1) is 5.41 Å². The third-order valence-electron chi connectivity index (χ3n) is 9.31. The van der Waals surface area contributed by atoms with Gasteiger partial charge in [0.25, 0.3) is 0 Å². The number of benzene rings is 4. The van der Waals surface area contributed by atoms with Crippen LogP contribution in [0.4, 0.5) is 0 Å². The van der Waals surface area contributed by atoms with Gasteiger partial charge in [-0.1, -0.05) is 96.0 Å². The van der Waals surface area contributed by atoms with Gasteiger partial charge >= 0.3 is 0 Å². The minimum absolute atomic E-state index is 0.0158. The summed E-state index contributed by atoms with van der Waals surface area (Å²) in [4.78, 5) is 34.5. The van der Waals surface area contributed by atoms with Crippen LogP contribution in [0.5, 0.6) is 0 Å². The average molecular weight is 568 g/mol. The fourth-order valence-corrected chi connectivity index (χ4v) is 8.35. The molecule has 4 aromatic rings. The van der Waals surface area contributed by atoms with Crippen molar-refractivity contribution in [3.8, 4) is 0 Å². The van der Waals surface area contributed by atoms with Crippen LogP contribution in [0.25, 0.3) is 16.8 Å². The van der Waals surface area contributed by atoms with Crippen LogP contribution < -0.4 is 0 Å². The molecule has 2 saturated heterocycles. The van der Waals surface area contributed by atoms with E-state index >= 15 is 4.79 Å². The van der Waals surface area contributed by atoms with Crippen LogP contribution in [0.3, 0.4) is 0 Å². The largest absolute Gasteiger partial charge is 0.301 e. The second-order valence-corrected chi connectivity index (χ2v) is 12.2. The zero-order chi connectivity index (χ0) is 27.8. The van der Waals surface area contributed by atoms with Crippen molar-refractivity contribution < 1.29 is 9.59 Å². The molecule has 0 bridgehead atoms. The molecular formula is C34H28Cl2N2O2. The molecule has 40 heavy (non-hydrogen) atoms. The molecule has 0 saturated carbocycles. The number of rotatable bonds is 2. The van der Waals surface area contributed by atoms with E-state index in [1.807, 2.05) is 105 Å². The number of likely N-dealkylation sites (tertiary alicyclic amines) is 2. The van der Waals surface area contributed by atoms with Gasteiger partial charge < -0.3 is 4.90 Å². The highest BCUT2D eigenvalue weighted by molar-refractivity contribution is 6.32. The number of ketones is 2. The molecule has 3 aliphatic rings. The van der Waals surface area contributed by atoms with Gasteiger partial charge in [0.2, 0.25) is 0 Å². The molecule has 6 heteroatoms. The Bertz CT molecular complexity index is 1760. The molecule has 200 valence electrons. The first-order chi connectivity index (χ1) is 19.3. The van der Waals surface area contributed by atoms with Gasteiger partial charge in [-0.3, -0.25) is 14.5 Å². The number of piperidine rings is 1. The molecule has 3 atom stereocenters. The summed E-state index contributed by atoms with van der Waals surface area (Å²) in [6, 6.07) is 27.3. The Labute approximate surface area is 243 Å². The Morgan fingerprint density at radius 3 is 2.27 bits per heavy atom. The van der Waals surface area contributed by atoms with Crippen molar-refractivity contribution in [2.24, 2.45) is 5.41 Å². The van der Waals surface area contributed by atoms with E-state index in [1.54, 1.807) is 0 Å². The molecule has 0 N–H and O–H groups in total. The number of likely N-dealkylation sites (N-methyl/N-ethyl adjacent to an activating group) is 2. The summed E-state index contributed by atoms with van der Waals surface area (Å²) in [6.07, 6.45) is 1.91. The second-order valence-electron chi connectivity index (χ2n) is 11.4. The molecule has 7 rings (SSSR count). The van der Waals surface area contributed by atoms with Gasteiger partial charge in [0.1, 0.15) is 5.54 Å². The number of fused-ring (bicyclic) bond motifs is 2. The van der Waals surface area contributed by atoms with Gasteiger partial charge in [-0.15, -0.1) is 0 Å². The third kappa shape index (κ3) is 3.22. The lowest BCUT2D eigenvalue weighted by Gasteiger charge is -2.51. The summed E-state index contributed by atoms with van der Waals surface area (Å²) in [5.41, 5.74) is 1.59. The zero-order valence-corrected chi connectivity index (χ0v) is 23.8. The lowest BCUT2D eigenvalue weighted by Crippen LogP contribution is -2.64. The molecule has 0 unspecified atom stereocenters. The summed E-state index contributed by atoms with van der Waals surface area (Å²) < 4.78 is 0. The fourth-order valence-electron chi connectivity index (χ4n) is 7.89. The van der Waals surface area contributed by atoms with Crippen molar-refractivity contribution >= 4 is 51.6 Å². The maximum Gasteiger partial charge on any atom is 0.189 e. The maximum absolute atomic E-state index is 15.3. The monoisotopic (exact) mass is 566 g/mol. The summed E-state index contributed by atoms with van der Waals surface area (Å²) >= 11 is 13.4. The second kappa shape index (κ2) is 9.12. The van der Waals surface area contributed by atoms with Crippen LogP contribution in [0.2, 0.25) is 10.0 Å². The number of hydrogen-bond donors (Lipinski definition) is 0. The first kappa shape index (κ1) is 25.7. The normalized spacial score (nSPS) is 27.6. The topological polar surface area (TPSA) is 40.6 Å². The third-order valence-corrected chi connectivity index (χ3v) is 10.00. The van der Waals surface area contributed by atoms with E-state index < -0.39 is 11.0 Å². The Morgan fingerprint density at radius 1 is 0.825 bits per heavy atom. The molecule has 2 spiro atoms. The molecule has 0 aromatic heterocycles. The van der Waals surface area contributed by atoms with E-state index in [-0.39, 0.29) is 17.5 Å². The molecule has 4 aromatic carbocycles. The van der Waals surface area contributed by atoms with Crippen LogP contribution in [0.1, 0.15) is 33.0 Å². The van der Waals surface area contributed by atoms with Crippen LogP contribution >= 0.6 is 23.2 Å². The number of halogens is 2. The Kier molecular flexibility index (Phi) is 5.85. The van der Waals surface area contributed by atoms with E-state index in [0.717, 1.165) is 27.5 Å². The standard InChI is InChI=1S/C34H28Cl2N2O2/c1-37-18-23(17-22-9-3-5-15-28(22)35)31(39)33(20-37)27(24-12-4-6-16-29(24)36)19-38(2)34(33)26-14-8-11-21-10-7-13-25(30(21)26)32(34)40/h3-17,27H,18-20H2,1-2H3/b23-17+/t27-,33+,34+/m1/s1. The lowest BCUT2D eigenvalue weighted by molar-refractivity contribution is -0.134. The molecule has 2 fully saturated rings. The molecule has 0 amide bonds. The van der Waals surface area contributed by atoms with Crippen LogP contribution in [-0.4, -0.2) is 55.1 Å². The Morgan fingerprint density at radius 2 is 1.52 bits per heavy atom. The highest BCUT2D eigenvalue weighted by Gasteiger charge is 2.74. The van der Waals surface area contributed by atoms with Crippen molar-refractivity contribution in [1.82, 2.24) is 9.80 Å². The fraction of sp³-hybridized carbons (Fsp3) is 0.235. The first-order valence-electron chi connectivity index (χ1n) is 13.5. The molecule has 2 aliphatic heterocycles. The van der Waals surface area contributed by atoms with Crippen molar-refractivity contribution in [1.29, 1.82) is 0 Å². The number of hydrogen-bond acceptors (Lipinski definition) is 4. The van der Waals surface area contributed by atoms with Gasteiger partial charge in [-0.05, 0) is 59.8 Å². The van der Waals surface area contributed by atoms with Crippen LogP contribution in [-0.2, 0) is 10.3 Å². The lowest BCUT2D eigenvalue weighted by atomic mass is 9.55. The predicted molar refractivity (Wildman–Crippen MR) is 161 cm³/mol. The first-order valence-corrected chi connectivity index (χ1v) is 14.3. The molecule has 2 heterocycles. The summed E-state index contributed by atoms with van der Waals surface area (Å²) in [5.74, 6) is -0.348. The van der Waals surface area contributed by atoms with Crippen molar-refractivity contribution in [3.63, 3.8) is 0 Å². The number of carbonyl (C=O) groups excluding carboxylic acids is 2. The summed E-state index contributed by atoms with van der Waals surface area (Å²) in [6.45, 7) is 1.40. The molecule has 1 aliphatic carbocycles. The summed E-state index contributed by atoms with van der Waals surface area (Å²) in [5, 5.41) is 3.14. The Balaban J connectivity index is 1.56. The molecule has 4 nitrogen and oxygen atoms in total. The highest BCUT2D eigenvalue weighted by Crippen LogP contribution is 2.65. The van der Waals surface area contributed by atoms with Crippen LogP contribution in [0.15, 0.2) is 90.5 Å². The highest BCUT2D eigenvalue weighted by atomic mass is 35.5. The molecule has 0 radical (unpaired) electrons. The van der Waals surface area contributed by atoms with E-state index in [0.29, 0.717) is 40.8 Å². The van der Waals surface area contributed by atoms with Gasteiger partial charge in [-0.25, -0.2) is 0 Å². The minimum Gasteiger partial charge on any atom is -0.301 e.